The maximum atomic E-state index is 11.5. The van der Waals surface area contributed by atoms with Gasteiger partial charge in [0.25, 0.3) is 0 Å². The number of fused-ring (bicyclic) bond motifs is 1. The Morgan fingerprint density at radius 3 is 2.76 bits per heavy atom. The topological polar surface area (TPSA) is 38.8 Å². The SMILES string of the molecule is CN(C(=O)CS)c1ccc2c(c1)OCCCO2. The first kappa shape index (κ1) is 12.1. The van der Waals surface area contributed by atoms with Gasteiger partial charge in [0.05, 0.1) is 19.0 Å². The van der Waals surface area contributed by atoms with E-state index in [0.29, 0.717) is 19.0 Å². The third kappa shape index (κ3) is 2.66. The molecule has 4 nitrogen and oxygen atoms in total. The van der Waals surface area contributed by atoms with Crippen LogP contribution in [-0.4, -0.2) is 31.9 Å². The van der Waals surface area contributed by atoms with Crippen molar-refractivity contribution in [2.75, 3.05) is 30.9 Å². The largest absolute Gasteiger partial charge is 0.490 e. The van der Waals surface area contributed by atoms with E-state index in [0.717, 1.165) is 17.9 Å². The van der Waals surface area contributed by atoms with Crippen LogP contribution < -0.4 is 14.4 Å². The lowest BCUT2D eigenvalue weighted by atomic mass is 10.2. The second kappa shape index (κ2) is 5.31. The number of carbonyl (C=O) groups excluding carboxylic acids is 1. The van der Waals surface area contributed by atoms with E-state index in [1.165, 1.54) is 0 Å². The van der Waals surface area contributed by atoms with Crippen LogP contribution in [0.2, 0.25) is 0 Å². The number of rotatable bonds is 2. The average Bonchev–Trinajstić information content (AvgIpc) is 2.61. The number of nitrogens with zero attached hydrogens (tertiary/aromatic N) is 1. The molecule has 1 aliphatic rings. The monoisotopic (exact) mass is 253 g/mol. The van der Waals surface area contributed by atoms with Crippen LogP contribution in [0.5, 0.6) is 11.5 Å². The predicted molar refractivity (Wildman–Crippen MR) is 69.3 cm³/mol. The maximum Gasteiger partial charge on any atom is 0.236 e. The zero-order valence-corrected chi connectivity index (χ0v) is 10.6. The van der Waals surface area contributed by atoms with Gasteiger partial charge in [-0.05, 0) is 12.1 Å². The summed E-state index contributed by atoms with van der Waals surface area (Å²) in [6.07, 6.45) is 0.870. The third-order valence-electron chi connectivity index (χ3n) is 2.63. The molecule has 1 amide bonds. The summed E-state index contributed by atoms with van der Waals surface area (Å²) < 4.78 is 11.1. The molecule has 0 saturated heterocycles. The molecule has 0 unspecified atom stereocenters. The summed E-state index contributed by atoms with van der Waals surface area (Å²) in [5, 5.41) is 0. The quantitative estimate of drug-likeness (QED) is 0.816. The van der Waals surface area contributed by atoms with Gasteiger partial charge in [0, 0.05) is 25.2 Å². The Morgan fingerprint density at radius 1 is 1.35 bits per heavy atom. The first-order valence-electron chi connectivity index (χ1n) is 5.49. The molecule has 5 heteroatoms. The van der Waals surface area contributed by atoms with Crippen molar-refractivity contribution >= 4 is 24.2 Å². The molecule has 17 heavy (non-hydrogen) atoms. The fraction of sp³-hybridized carbons (Fsp3) is 0.417. The lowest BCUT2D eigenvalue weighted by Crippen LogP contribution is -2.27. The summed E-state index contributed by atoms with van der Waals surface area (Å²) in [4.78, 5) is 13.1. The summed E-state index contributed by atoms with van der Waals surface area (Å²) in [5.74, 6) is 1.56. The van der Waals surface area contributed by atoms with E-state index >= 15 is 0 Å². The van der Waals surface area contributed by atoms with Crippen LogP contribution in [0.25, 0.3) is 0 Å². The molecular formula is C12H15NO3S. The molecule has 1 aromatic rings. The van der Waals surface area contributed by atoms with Crippen molar-refractivity contribution in [2.24, 2.45) is 0 Å². The number of anilines is 1. The van der Waals surface area contributed by atoms with Gasteiger partial charge in [0.1, 0.15) is 0 Å². The van der Waals surface area contributed by atoms with Gasteiger partial charge >= 0.3 is 0 Å². The highest BCUT2D eigenvalue weighted by atomic mass is 32.1. The van der Waals surface area contributed by atoms with Gasteiger partial charge in [-0.1, -0.05) is 0 Å². The summed E-state index contributed by atoms with van der Waals surface area (Å²) in [6, 6.07) is 5.50. The molecule has 2 rings (SSSR count). The molecule has 0 spiro atoms. The molecule has 0 saturated carbocycles. The van der Waals surface area contributed by atoms with Crippen LogP contribution in [0.1, 0.15) is 6.42 Å². The predicted octanol–water partition coefficient (Wildman–Crippen LogP) is 1.74. The molecule has 0 aromatic heterocycles. The molecular weight excluding hydrogens is 238 g/mol. The summed E-state index contributed by atoms with van der Waals surface area (Å²) in [7, 11) is 1.72. The number of hydrogen-bond acceptors (Lipinski definition) is 4. The van der Waals surface area contributed by atoms with Crippen molar-refractivity contribution in [3.63, 3.8) is 0 Å². The smallest absolute Gasteiger partial charge is 0.236 e. The van der Waals surface area contributed by atoms with Crippen molar-refractivity contribution < 1.29 is 14.3 Å². The van der Waals surface area contributed by atoms with Gasteiger partial charge in [-0.3, -0.25) is 4.79 Å². The number of ether oxygens (including phenoxy) is 2. The van der Waals surface area contributed by atoms with E-state index in [9.17, 15) is 4.79 Å². The minimum Gasteiger partial charge on any atom is -0.490 e. The zero-order chi connectivity index (χ0) is 12.3. The summed E-state index contributed by atoms with van der Waals surface area (Å²) in [5.41, 5.74) is 0.785. The van der Waals surface area contributed by atoms with Crippen LogP contribution >= 0.6 is 12.6 Å². The fourth-order valence-corrected chi connectivity index (χ4v) is 1.82. The second-order valence-corrected chi connectivity index (χ2v) is 4.11. The molecule has 0 atom stereocenters. The molecule has 0 aliphatic carbocycles. The van der Waals surface area contributed by atoms with Crippen molar-refractivity contribution in [2.45, 2.75) is 6.42 Å². The van der Waals surface area contributed by atoms with E-state index in [1.807, 2.05) is 18.2 Å². The van der Waals surface area contributed by atoms with E-state index < -0.39 is 0 Å². The Morgan fingerprint density at radius 2 is 2.06 bits per heavy atom. The zero-order valence-electron chi connectivity index (χ0n) is 9.68. The van der Waals surface area contributed by atoms with Crippen LogP contribution in [-0.2, 0) is 4.79 Å². The molecule has 0 bridgehead atoms. The molecule has 0 fully saturated rings. The van der Waals surface area contributed by atoms with Gasteiger partial charge < -0.3 is 14.4 Å². The Kier molecular flexibility index (Phi) is 3.78. The van der Waals surface area contributed by atoms with Crippen LogP contribution in [0.15, 0.2) is 18.2 Å². The van der Waals surface area contributed by atoms with Crippen molar-refractivity contribution in [3.8, 4) is 11.5 Å². The molecule has 0 radical (unpaired) electrons. The van der Waals surface area contributed by atoms with Crippen LogP contribution in [0.4, 0.5) is 5.69 Å². The van der Waals surface area contributed by atoms with Crippen LogP contribution in [0.3, 0.4) is 0 Å². The van der Waals surface area contributed by atoms with Gasteiger partial charge in [0.15, 0.2) is 11.5 Å². The number of hydrogen-bond donors (Lipinski definition) is 1. The Bertz CT molecular complexity index is 422. The van der Waals surface area contributed by atoms with E-state index in [4.69, 9.17) is 9.47 Å². The Hall–Kier alpha value is -1.36. The Balaban J connectivity index is 2.26. The van der Waals surface area contributed by atoms with E-state index in [-0.39, 0.29) is 11.7 Å². The van der Waals surface area contributed by atoms with Gasteiger partial charge in [0.2, 0.25) is 5.91 Å². The fourth-order valence-electron chi connectivity index (χ4n) is 1.61. The van der Waals surface area contributed by atoms with Gasteiger partial charge in [-0.25, -0.2) is 0 Å². The van der Waals surface area contributed by atoms with E-state index in [2.05, 4.69) is 12.6 Å². The molecule has 1 aromatic carbocycles. The lowest BCUT2D eigenvalue weighted by Gasteiger charge is -2.18. The number of benzene rings is 1. The summed E-state index contributed by atoms with van der Waals surface area (Å²) in [6.45, 7) is 1.30. The van der Waals surface area contributed by atoms with Gasteiger partial charge in [-0.2, -0.15) is 12.6 Å². The summed E-state index contributed by atoms with van der Waals surface area (Å²) >= 11 is 3.97. The van der Waals surface area contributed by atoms with Crippen molar-refractivity contribution in [3.05, 3.63) is 18.2 Å². The molecule has 0 N–H and O–H groups in total. The van der Waals surface area contributed by atoms with Crippen molar-refractivity contribution in [1.82, 2.24) is 0 Å². The first-order chi connectivity index (χ1) is 8.22. The Labute approximate surface area is 106 Å². The minimum absolute atomic E-state index is 0.0529. The first-order valence-corrected chi connectivity index (χ1v) is 6.12. The number of carbonyl (C=O) groups is 1. The average molecular weight is 253 g/mol. The normalized spacial score (nSPS) is 14.0. The maximum absolute atomic E-state index is 11.5. The number of thiol groups is 1. The highest BCUT2D eigenvalue weighted by Gasteiger charge is 2.14. The van der Waals surface area contributed by atoms with E-state index in [1.54, 1.807) is 11.9 Å². The molecule has 92 valence electrons. The van der Waals surface area contributed by atoms with Crippen molar-refractivity contribution in [1.29, 1.82) is 0 Å². The molecule has 1 aliphatic heterocycles. The third-order valence-corrected chi connectivity index (χ3v) is 2.90. The second-order valence-electron chi connectivity index (χ2n) is 3.79. The number of amides is 1. The lowest BCUT2D eigenvalue weighted by molar-refractivity contribution is -0.115. The molecule has 1 heterocycles. The van der Waals surface area contributed by atoms with Gasteiger partial charge in [-0.15, -0.1) is 0 Å². The minimum atomic E-state index is -0.0529. The van der Waals surface area contributed by atoms with Crippen LogP contribution in [0, 0.1) is 0 Å². The standard InChI is InChI=1S/C12H15NO3S/c1-13(12(14)8-17)9-3-4-10-11(7-9)16-6-2-5-15-10/h3-4,7,17H,2,5-6,8H2,1H3. The highest BCUT2D eigenvalue weighted by Crippen LogP contribution is 2.33. The highest BCUT2D eigenvalue weighted by molar-refractivity contribution is 7.81.